The van der Waals surface area contributed by atoms with Gasteiger partial charge >= 0.3 is 0 Å². The van der Waals surface area contributed by atoms with Crippen LogP contribution in [0, 0.1) is 0 Å². The molecule has 2 aromatic carbocycles. The molecule has 0 saturated carbocycles. The molecule has 35 heavy (non-hydrogen) atoms. The van der Waals surface area contributed by atoms with Crippen molar-refractivity contribution in [3.63, 3.8) is 0 Å². The summed E-state index contributed by atoms with van der Waals surface area (Å²) >= 11 is 6.03. The maximum atomic E-state index is 13.2. The summed E-state index contributed by atoms with van der Waals surface area (Å²) in [6.07, 6.45) is 2.26. The SMILES string of the molecule is CCCNC(=O)C(C)N(Cc1ccc(OC)cc1)C(=O)CCCN(c1cccc(Cl)c1)S(C)(=O)=O. The molecule has 0 fully saturated rings. The van der Waals surface area contributed by atoms with Gasteiger partial charge in [0.05, 0.1) is 19.1 Å². The largest absolute Gasteiger partial charge is 0.497 e. The number of carbonyl (C=O) groups excluding carboxylic acids is 2. The summed E-state index contributed by atoms with van der Waals surface area (Å²) in [6, 6.07) is 13.2. The van der Waals surface area contributed by atoms with Gasteiger partial charge in [0.15, 0.2) is 0 Å². The Morgan fingerprint density at radius 1 is 1.14 bits per heavy atom. The van der Waals surface area contributed by atoms with E-state index in [0.717, 1.165) is 18.2 Å². The Morgan fingerprint density at radius 3 is 2.40 bits per heavy atom. The van der Waals surface area contributed by atoms with Crippen LogP contribution in [0.1, 0.15) is 38.7 Å². The summed E-state index contributed by atoms with van der Waals surface area (Å²) in [5.41, 5.74) is 1.29. The lowest BCUT2D eigenvalue weighted by Crippen LogP contribution is -2.47. The molecule has 8 nitrogen and oxygen atoms in total. The van der Waals surface area contributed by atoms with Crippen molar-refractivity contribution < 1.29 is 22.7 Å². The quantitative estimate of drug-likeness (QED) is 0.430. The van der Waals surface area contributed by atoms with Crippen LogP contribution in [0.2, 0.25) is 5.02 Å². The molecule has 1 atom stereocenters. The number of amides is 2. The molecule has 0 aliphatic carbocycles. The van der Waals surface area contributed by atoms with E-state index in [4.69, 9.17) is 16.3 Å². The Labute approximate surface area is 213 Å². The third kappa shape index (κ3) is 8.74. The molecular weight excluding hydrogens is 490 g/mol. The number of hydrogen-bond acceptors (Lipinski definition) is 5. The Kier molecular flexibility index (Phi) is 10.9. The molecule has 1 unspecified atom stereocenters. The molecule has 10 heteroatoms. The molecule has 0 bridgehead atoms. The van der Waals surface area contributed by atoms with Crippen molar-refractivity contribution in [2.75, 3.05) is 30.8 Å². The highest BCUT2D eigenvalue weighted by Gasteiger charge is 2.26. The number of benzene rings is 2. The van der Waals surface area contributed by atoms with Gasteiger partial charge in [0, 0.05) is 31.1 Å². The molecule has 0 heterocycles. The lowest BCUT2D eigenvalue weighted by atomic mass is 10.1. The third-order valence-electron chi connectivity index (χ3n) is 5.48. The van der Waals surface area contributed by atoms with Gasteiger partial charge in [-0.25, -0.2) is 8.42 Å². The Hall–Kier alpha value is -2.78. The minimum atomic E-state index is -3.57. The van der Waals surface area contributed by atoms with Gasteiger partial charge in [0.2, 0.25) is 21.8 Å². The Bertz CT molecular complexity index is 1090. The summed E-state index contributed by atoms with van der Waals surface area (Å²) in [7, 11) is -2.00. The molecule has 0 saturated heterocycles. The Morgan fingerprint density at radius 2 is 1.83 bits per heavy atom. The highest BCUT2D eigenvalue weighted by atomic mass is 35.5. The minimum Gasteiger partial charge on any atom is -0.497 e. The predicted octanol–water partition coefficient (Wildman–Crippen LogP) is 3.84. The van der Waals surface area contributed by atoms with Gasteiger partial charge in [-0.05, 0) is 55.7 Å². The van der Waals surface area contributed by atoms with E-state index in [1.807, 2.05) is 19.1 Å². The second-order valence-corrected chi connectivity index (χ2v) is 10.6. The van der Waals surface area contributed by atoms with E-state index < -0.39 is 16.1 Å². The third-order valence-corrected chi connectivity index (χ3v) is 6.91. The highest BCUT2D eigenvalue weighted by Crippen LogP contribution is 2.23. The van der Waals surface area contributed by atoms with Crippen LogP contribution in [0.5, 0.6) is 5.75 Å². The summed E-state index contributed by atoms with van der Waals surface area (Å²) in [5.74, 6) is 0.229. The average Bonchev–Trinajstić information content (AvgIpc) is 2.82. The highest BCUT2D eigenvalue weighted by molar-refractivity contribution is 7.92. The first-order valence-electron chi connectivity index (χ1n) is 11.5. The maximum Gasteiger partial charge on any atom is 0.242 e. The van der Waals surface area contributed by atoms with Crippen LogP contribution in [-0.4, -0.2) is 57.6 Å². The smallest absolute Gasteiger partial charge is 0.242 e. The molecule has 2 amide bonds. The molecule has 2 rings (SSSR count). The molecular formula is C25H34ClN3O5S. The minimum absolute atomic E-state index is 0.0775. The number of carbonyl (C=O) groups is 2. The zero-order chi connectivity index (χ0) is 26.0. The van der Waals surface area contributed by atoms with Crippen LogP contribution in [0.3, 0.4) is 0 Å². The number of sulfonamides is 1. The van der Waals surface area contributed by atoms with E-state index in [1.165, 1.54) is 9.21 Å². The molecule has 2 aromatic rings. The van der Waals surface area contributed by atoms with Crippen molar-refractivity contribution >= 4 is 39.1 Å². The van der Waals surface area contributed by atoms with Crippen LogP contribution in [0.15, 0.2) is 48.5 Å². The number of methoxy groups -OCH3 is 1. The summed E-state index contributed by atoms with van der Waals surface area (Å²) in [4.78, 5) is 27.4. The van der Waals surface area contributed by atoms with Crippen molar-refractivity contribution in [2.45, 2.75) is 45.7 Å². The maximum absolute atomic E-state index is 13.2. The predicted molar refractivity (Wildman–Crippen MR) is 139 cm³/mol. The first-order valence-corrected chi connectivity index (χ1v) is 13.7. The number of ether oxygens (including phenoxy) is 1. The molecule has 0 aliphatic heterocycles. The van der Waals surface area contributed by atoms with Crippen LogP contribution in [-0.2, 0) is 26.2 Å². The fraction of sp³-hybridized carbons (Fsp3) is 0.440. The number of halogens is 1. The van der Waals surface area contributed by atoms with Crippen LogP contribution in [0.25, 0.3) is 0 Å². The Balaban J connectivity index is 2.15. The van der Waals surface area contributed by atoms with E-state index in [0.29, 0.717) is 23.0 Å². The number of rotatable bonds is 13. The second kappa shape index (κ2) is 13.3. The fourth-order valence-electron chi connectivity index (χ4n) is 3.54. The van der Waals surface area contributed by atoms with Crippen LogP contribution >= 0.6 is 11.6 Å². The first kappa shape index (κ1) is 28.5. The number of anilines is 1. The van der Waals surface area contributed by atoms with Crippen molar-refractivity contribution in [3.8, 4) is 5.75 Å². The van der Waals surface area contributed by atoms with E-state index in [2.05, 4.69) is 5.32 Å². The van der Waals surface area contributed by atoms with Crippen molar-refractivity contribution in [1.82, 2.24) is 10.2 Å². The van der Waals surface area contributed by atoms with E-state index in [-0.39, 0.29) is 37.7 Å². The van der Waals surface area contributed by atoms with E-state index >= 15 is 0 Å². The first-order chi connectivity index (χ1) is 16.6. The molecule has 0 aromatic heterocycles. The van der Waals surface area contributed by atoms with Crippen LogP contribution in [0.4, 0.5) is 5.69 Å². The normalized spacial score (nSPS) is 12.0. The molecule has 192 valence electrons. The number of nitrogens with zero attached hydrogens (tertiary/aromatic N) is 2. The standard InChI is InChI=1S/C25H34ClN3O5S/c1-5-15-27-25(31)19(2)28(18-20-11-13-23(34-3)14-12-20)24(30)10-7-16-29(35(4,32)33)22-9-6-8-21(26)17-22/h6,8-9,11-14,17,19H,5,7,10,15-16,18H2,1-4H3,(H,27,31). The fourth-order valence-corrected chi connectivity index (χ4v) is 4.68. The zero-order valence-electron chi connectivity index (χ0n) is 20.7. The topological polar surface area (TPSA) is 96.0 Å². The number of hydrogen-bond donors (Lipinski definition) is 1. The molecule has 0 radical (unpaired) electrons. The summed E-state index contributed by atoms with van der Waals surface area (Å²) < 4.78 is 31.2. The van der Waals surface area contributed by atoms with E-state index in [9.17, 15) is 18.0 Å². The van der Waals surface area contributed by atoms with Gasteiger partial charge < -0.3 is 15.0 Å². The van der Waals surface area contributed by atoms with Gasteiger partial charge in [-0.3, -0.25) is 13.9 Å². The molecule has 0 aliphatic rings. The van der Waals surface area contributed by atoms with Gasteiger partial charge in [-0.2, -0.15) is 0 Å². The molecule has 1 N–H and O–H groups in total. The van der Waals surface area contributed by atoms with E-state index in [1.54, 1.807) is 50.4 Å². The lowest BCUT2D eigenvalue weighted by Gasteiger charge is -2.29. The second-order valence-electron chi connectivity index (χ2n) is 8.26. The van der Waals surface area contributed by atoms with Crippen molar-refractivity contribution in [3.05, 3.63) is 59.1 Å². The average molecular weight is 524 g/mol. The monoisotopic (exact) mass is 523 g/mol. The summed E-state index contributed by atoms with van der Waals surface area (Å²) in [5, 5.41) is 3.26. The van der Waals surface area contributed by atoms with Crippen molar-refractivity contribution in [2.24, 2.45) is 0 Å². The van der Waals surface area contributed by atoms with Gasteiger partial charge in [0.1, 0.15) is 11.8 Å². The van der Waals surface area contributed by atoms with Crippen molar-refractivity contribution in [1.29, 1.82) is 0 Å². The molecule has 0 spiro atoms. The lowest BCUT2D eigenvalue weighted by molar-refractivity contribution is -0.140. The van der Waals surface area contributed by atoms with Crippen LogP contribution < -0.4 is 14.4 Å². The van der Waals surface area contributed by atoms with Gasteiger partial charge in [0.25, 0.3) is 0 Å². The zero-order valence-corrected chi connectivity index (χ0v) is 22.2. The number of nitrogens with one attached hydrogen (secondary N) is 1. The van der Waals surface area contributed by atoms with Gasteiger partial charge in [-0.15, -0.1) is 0 Å². The van der Waals surface area contributed by atoms with Gasteiger partial charge in [-0.1, -0.05) is 36.7 Å². The summed E-state index contributed by atoms with van der Waals surface area (Å²) in [6.45, 7) is 4.53.